The van der Waals surface area contributed by atoms with Gasteiger partial charge >= 0.3 is 221 Å². The second-order valence-corrected chi connectivity index (χ2v) is 25.5. The van der Waals surface area contributed by atoms with E-state index in [4.69, 9.17) is 4.99 Å². The summed E-state index contributed by atoms with van der Waals surface area (Å²) in [6, 6.07) is 16.1. The van der Waals surface area contributed by atoms with Gasteiger partial charge in [0, 0.05) is 0 Å². The maximum absolute atomic E-state index is 5.12. The van der Waals surface area contributed by atoms with Crippen LogP contribution in [0.1, 0.15) is 65.9 Å². The summed E-state index contributed by atoms with van der Waals surface area (Å²) in [4.78, 5) is 7.78. The third kappa shape index (κ3) is 6.30. The number of hydrogen-bond acceptors (Lipinski definition) is 4. The molecule has 2 aliphatic rings. The fourth-order valence-corrected chi connectivity index (χ4v) is 23.9. The van der Waals surface area contributed by atoms with Gasteiger partial charge in [-0.25, -0.2) is 0 Å². The van der Waals surface area contributed by atoms with Crippen LogP contribution in [0.4, 0.5) is 0 Å². The molecule has 2 atom stereocenters. The molecule has 0 amide bonds. The normalized spacial score (nSPS) is 21.4. The molecule has 192 valence electrons. The number of benzene rings is 2. The van der Waals surface area contributed by atoms with Gasteiger partial charge in [0.1, 0.15) is 0 Å². The molecule has 0 bridgehead atoms. The molecule has 2 aromatic rings. The van der Waals surface area contributed by atoms with E-state index in [1.165, 1.54) is 64.4 Å². The zero-order chi connectivity index (χ0) is 25.0. The van der Waals surface area contributed by atoms with E-state index in [0.29, 0.717) is 12.0 Å². The van der Waals surface area contributed by atoms with E-state index in [-0.39, 0.29) is 0 Å². The van der Waals surface area contributed by atoms with Gasteiger partial charge in [0.25, 0.3) is 0 Å². The van der Waals surface area contributed by atoms with Crippen molar-refractivity contribution in [3.63, 3.8) is 0 Å². The van der Waals surface area contributed by atoms with Crippen molar-refractivity contribution in [2.45, 2.75) is 76.9 Å². The van der Waals surface area contributed by atoms with Crippen LogP contribution in [0.2, 0.25) is 10.5 Å². The van der Waals surface area contributed by atoms with Gasteiger partial charge in [-0.3, -0.25) is 0 Å². The topological polar surface area (TPSA) is 18.8 Å². The zero-order valence-corrected chi connectivity index (χ0v) is 25.9. The Kier molecular flexibility index (Phi) is 9.32. The van der Waals surface area contributed by atoms with Crippen LogP contribution in [0.25, 0.3) is 10.8 Å². The summed E-state index contributed by atoms with van der Waals surface area (Å²) in [5, 5.41) is 5.73. The van der Waals surface area contributed by atoms with Crippen molar-refractivity contribution in [3.05, 3.63) is 48.0 Å². The summed E-state index contributed by atoms with van der Waals surface area (Å²) in [7, 11) is 2.44. The molecule has 0 N–H and O–H groups in total. The molecule has 2 aliphatic heterocycles. The summed E-state index contributed by atoms with van der Waals surface area (Å²) in [5.41, 5.74) is 1.42. The summed E-state index contributed by atoms with van der Waals surface area (Å²) >= 11 is -2.07. The van der Waals surface area contributed by atoms with E-state index in [9.17, 15) is 0 Å². The minimum absolute atomic E-state index is 0.326. The Morgan fingerprint density at radius 2 is 1.63 bits per heavy atom. The van der Waals surface area contributed by atoms with E-state index in [0.717, 1.165) is 24.9 Å². The molecule has 0 aliphatic carbocycles. The standard InChI is InChI=1S/C30H47GeN3S/c1-23(2)14-16-31(17-15-24(3)4)33(20-21-35-31)18-19-34-25(5)22-32-30(34)26(6)28-13-9-11-27-10-7-8-12-29(27)28/h7-13,23-26H,14-22H2,1-6H3. The van der Waals surface area contributed by atoms with E-state index >= 15 is 0 Å². The maximum atomic E-state index is 5.12. The predicted molar refractivity (Wildman–Crippen MR) is 159 cm³/mol. The second-order valence-electron chi connectivity index (χ2n) is 11.7. The van der Waals surface area contributed by atoms with Crippen molar-refractivity contribution in [1.82, 2.24) is 8.76 Å². The Balaban J connectivity index is 1.49. The number of nitrogens with zero attached hydrogens (tertiary/aromatic N) is 3. The van der Waals surface area contributed by atoms with Crippen molar-refractivity contribution in [2.75, 3.05) is 31.9 Å². The molecule has 2 aromatic carbocycles. The summed E-state index contributed by atoms with van der Waals surface area (Å²) in [6.45, 7) is 19.0. The van der Waals surface area contributed by atoms with Crippen LogP contribution >= 0.6 is 10.1 Å². The molecule has 3 nitrogen and oxygen atoms in total. The molecule has 2 unspecified atom stereocenters. The number of fused-ring (bicyclic) bond motifs is 1. The van der Waals surface area contributed by atoms with Crippen LogP contribution in [0.15, 0.2) is 47.5 Å². The van der Waals surface area contributed by atoms with Gasteiger partial charge in [0.05, 0.1) is 0 Å². The van der Waals surface area contributed by atoms with Gasteiger partial charge in [-0.15, -0.1) is 0 Å². The SMILES string of the molecule is CC(C)C[CH2][Ge]1([CH2]CC(C)C)[S]CC[N]1CCN1C(C(C)c2cccc3ccccc23)=NCC1C. The van der Waals surface area contributed by atoms with Gasteiger partial charge in [-0.2, -0.15) is 0 Å². The molecule has 2 heterocycles. The van der Waals surface area contributed by atoms with Gasteiger partial charge in [-0.1, -0.05) is 0 Å². The first kappa shape index (κ1) is 27.1. The first-order chi connectivity index (χ1) is 16.8. The van der Waals surface area contributed by atoms with E-state index in [1.807, 2.05) is 0 Å². The fourth-order valence-electron chi connectivity index (χ4n) is 5.93. The first-order valence-electron chi connectivity index (χ1n) is 14.0. The molecular formula is C30H47GeN3S. The van der Waals surface area contributed by atoms with Crippen molar-refractivity contribution in [3.8, 4) is 0 Å². The molecule has 0 spiro atoms. The summed E-state index contributed by atoms with van der Waals surface area (Å²) in [5.74, 6) is 4.63. The van der Waals surface area contributed by atoms with Crippen LogP contribution < -0.4 is 0 Å². The predicted octanol–water partition coefficient (Wildman–Crippen LogP) is 7.63. The van der Waals surface area contributed by atoms with Crippen LogP contribution in [0.3, 0.4) is 0 Å². The van der Waals surface area contributed by atoms with Crippen molar-refractivity contribution in [1.29, 1.82) is 0 Å². The molecular weight excluding hydrogens is 507 g/mol. The first-order valence-corrected chi connectivity index (χ1v) is 21.4. The molecule has 0 saturated carbocycles. The second kappa shape index (κ2) is 12.0. The van der Waals surface area contributed by atoms with Crippen molar-refractivity contribution in [2.24, 2.45) is 16.8 Å². The third-order valence-corrected chi connectivity index (χ3v) is 25.1. The van der Waals surface area contributed by atoms with Gasteiger partial charge < -0.3 is 0 Å². The molecule has 1 saturated heterocycles. The Morgan fingerprint density at radius 1 is 0.943 bits per heavy atom. The molecule has 1 fully saturated rings. The average Bonchev–Trinajstić information content (AvgIpc) is 3.42. The molecule has 35 heavy (non-hydrogen) atoms. The quantitative estimate of drug-likeness (QED) is 0.266. The molecule has 0 aromatic heterocycles. The number of rotatable bonds is 11. The Labute approximate surface area is 220 Å². The van der Waals surface area contributed by atoms with Crippen LogP contribution in [0.5, 0.6) is 0 Å². The van der Waals surface area contributed by atoms with Gasteiger partial charge in [-0.05, 0) is 0 Å². The Bertz CT molecular complexity index is 987. The molecule has 5 heteroatoms. The fraction of sp³-hybridized carbons (Fsp3) is 0.633. The van der Waals surface area contributed by atoms with Crippen LogP contribution in [-0.2, 0) is 0 Å². The van der Waals surface area contributed by atoms with Crippen LogP contribution in [0, 0.1) is 11.8 Å². The minimum atomic E-state index is -2.07. The van der Waals surface area contributed by atoms with Crippen LogP contribution in [-0.4, -0.2) is 64.9 Å². The Hall–Kier alpha value is -0.977. The van der Waals surface area contributed by atoms with Crippen molar-refractivity contribution < 1.29 is 0 Å². The van der Waals surface area contributed by atoms with E-state index in [2.05, 4.69) is 103 Å². The number of aliphatic imine (C=N–C) groups is 1. The third-order valence-electron chi connectivity index (χ3n) is 8.16. The number of amidine groups is 1. The summed E-state index contributed by atoms with van der Waals surface area (Å²) < 4.78 is 3.04. The van der Waals surface area contributed by atoms with Crippen molar-refractivity contribution >= 4 is 39.0 Å². The van der Waals surface area contributed by atoms with Gasteiger partial charge in [0.15, 0.2) is 0 Å². The monoisotopic (exact) mass is 555 g/mol. The summed E-state index contributed by atoms with van der Waals surface area (Å²) in [6.07, 6.45) is 2.82. The Morgan fingerprint density at radius 3 is 2.34 bits per heavy atom. The molecule has 4 rings (SSSR count). The number of hydrogen-bond donors (Lipinski definition) is 0. The average molecular weight is 554 g/mol. The van der Waals surface area contributed by atoms with E-state index in [1.54, 1.807) is 0 Å². The zero-order valence-electron chi connectivity index (χ0n) is 23.0. The van der Waals surface area contributed by atoms with E-state index < -0.39 is 12.3 Å². The van der Waals surface area contributed by atoms with Gasteiger partial charge in [0.2, 0.25) is 0 Å². The molecule has 0 radical (unpaired) electrons.